The minimum Gasteiger partial charge on any atom is -0.468 e. The number of carbonyl (C=O) groups excluding carboxylic acids is 1. The van der Waals surface area contributed by atoms with Crippen LogP contribution in [-0.2, 0) is 17.8 Å². The van der Waals surface area contributed by atoms with Crippen molar-refractivity contribution in [2.75, 3.05) is 26.2 Å². The van der Waals surface area contributed by atoms with Crippen LogP contribution >= 0.6 is 0 Å². The Morgan fingerprint density at radius 3 is 2.19 bits per heavy atom. The van der Waals surface area contributed by atoms with Crippen LogP contribution in [0.5, 0.6) is 0 Å². The van der Waals surface area contributed by atoms with Crippen LogP contribution in [0, 0.1) is 0 Å². The van der Waals surface area contributed by atoms with Gasteiger partial charge in [-0.05, 0) is 28.8 Å². The summed E-state index contributed by atoms with van der Waals surface area (Å²) in [6.45, 7) is 4.15. The summed E-state index contributed by atoms with van der Waals surface area (Å²) in [7, 11) is 0. The maximum absolute atomic E-state index is 12.6. The number of carbonyl (C=O) groups is 1. The Bertz CT molecular complexity index is 849. The van der Waals surface area contributed by atoms with E-state index in [-0.39, 0.29) is 5.91 Å². The number of hydrogen-bond acceptors (Lipinski definition) is 3. The van der Waals surface area contributed by atoms with Crippen LogP contribution in [0.15, 0.2) is 77.4 Å². The van der Waals surface area contributed by atoms with Crippen molar-refractivity contribution in [2.45, 2.75) is 13.0 Å². The molecule has 1 amide bonds. The zero-order valence-electron chi connectivity index (χ0n) is 15.4. The minimum absolute atomic E-state index is 0.208. The molecule has 0 unspecified atom stereocenters. The van der Waals surface area contributed by atoms with E-state index in [1.807, 2.05) is 35.2 Å². The van der Waals surface area contributed by atoms with E-state index in [4.69, 9.17) is 4.42 Å². The molecule has 1 aliphatic rings. The molecule has 0 spiro atoms. The molecule has 2 aromatic carbocycles. The van der Waals surface area contributed by atoms with Crippen LogP contribution in [0.25, 0.3) is 11.1 Å². The van der Waals surface area contributed by atoms with E-state index >= 15 is 0 Å². The van der Waals surface area contributed by atoms with E-state index in [0.717, 1.165) is 44.0 Å². The first-order chi connectivity index (χ1) is 13.3. The van der Waals surface area contributed by atoms with Gasteiger partial charge in [-0.25, -0.2) is 0 Å². The van der Waals surface area contributed by atoms with Crippen molar-refractivity contribution in [3.8, 4) is 11.1 Å². The van der Waals surface area contributed by atoms with Crippen molar-refractivity contribution in [3.63, 3.8) is 0 Å². The van der Waals surface area contributed by atoms with Gasteiger partial charge in [-0.2, -0.15) is 0 Å². The number of hydrogen-bond donors (Lipinski definition) is 0. The summed E-state index contributed by atoms with van der Waals surface area (Å²) in [5.41, 5.74) is 3.44. The monoisotopic (exact) mass is 360 g/mol. The number of nitrogens with zero attached hydrogens (tertiary/aromatic N) is 2. The normalized spacial score (nSPS) is 15.0. The third-order valence-corrected chi connectivity index (χ3v) is 5.10. The summed E-state index contributed by atoms with van der Waals surface area (Å²) in [4.78, 5) is 16.9. The standard InChI is InChI=1S/C23H24N2O2/c26-23(25-14-12-24(13-15-25)18-22-7-4-16-27-22)17-19-8-10-21(11-9-19)20-5-2-1-3-6-20/h1-11,16H,12-15,17-18H2. The molecule has 138 valence electrons. The fraction of sp³-hybridized carbons (Fsp3) is 0.261. The first kappa shape index (κ1) is 17.6. The molecule has 3 aromatic rings. The first-order valence-electron chi connectivity index (χ1n) is 9.45. The van der Waals surface area contributed by atoms with E-state index in [2.05, 4.69) is 41.3 Å². The summed E-state index contributed by atoms with van der Waals surface area (Å²) >= 11 is 0. The van der Waals surface area contributed by atoms with Crippen LogP contribution < -0.4 is 0 Å². The molecule has 1 saturated heterocycles. The van der Waals surface area contributed by atoms with Gasteiger partial charge >= 0.3 is 0 Å². The number of rotatable bonds is 5. The zero-order valence-corrected chi connectivity index (χ0v) is 15.4. The summed E-state index contributed by atoms with van der Waals surface area (Å²) in [5, 5.41) is 0. The third-order valence-electron chi connectivity index (χ3n) is 5.10. The van der Waals surface area contributed by atoms with Crippen LogP contribution in [0.3, 0.4) is 0 Å². The van der Waals surface area contributed by atoms with Gasteiger partial charge in [0.05, 0.1) is 19.2 Å². The second-order valence-electron chi connectivity index (χ2n) is 6.98. The molecular weight excluding hydrogens is 336 g/mol. The molecule has 4 nitrogen and oxygen atoms in total. The average molecular weight is 360 g/mol. The van der Waals surface area contributed by atoms with Gasteiger partial charge in [0, 0.05) is 26.2 Å². The van der Waals surface area contributed by atoms with Gasteiger partial charge in [-0.3, -0.25) is 9.69 Å². The molecule has 4 rings (SSSR count). The van der Waals surface area contributed by atoms with Crippen molar-refractivity contribution >= 4 is 5.91 Å². The Morgan fingerprint density at radius 1 is 0.815 bits per heavy atom. The molecule has 1 fully saturated rings. The summed E-state index contributed by atoms with van der Waals surface area (Å²) in [6.07, 6.45) is 2.17. The second kappa shape index (κ2) is 8.23. The summed E-state index contributed by atoms with van der Waals surface area (Å²) in [6, 6.07) is 22.5. The fourth-order valence-electron chi connectivity index (χ4n) is 3.51. The SMILES string of the molecule is O=C(Cc1ccc(-c2ccccc2)cc1)N1CCN(Cc2ccco2)CC1. The fourth-order valence-corrected chi connectivity index (χ4v) is 3.51. The topological polar surface area (TPSA) is 36.7 Å². The molecular formula is C23H24N2O2. The Kier molecular flexibility index (Phi) is 5.35. The molecule has 0 atom stereocenters. The zero-order chi connectivity index (χ0) is 18.5. The molecule has 0 bridgehead atoms. The lowest BCUT2D eigenvalue weighted by atomic mass is 10.0. The highest BCUT2D eigenvalue weighted by Gasteiger charge is 2.21. The highest BCUT2D eigenvalue weighted by molar-refractivity contribution is 5.79. The number of benzene rings is 2. The molecule has 27 heavy (non-hydrogen) atoms. The Balaban J connectivity index is 1.29. The number of furan rings is 1. The second-order valence-corrected chi connectivity index (χ2v) is 6.98. The van der Waals surface area contributed by atoms with Crippen LogP contribution in [0.4, 0.5) is 0 Å². The van der Waals surface area contributed by atoms with Crippen molar-refractivity contribution in [1.29, 1.82) is 0 Å². The Morgan fingerprint density at radius 2 is 1.52 bits per heavy atom. The van der Waals surface area contributed by atoms with E-state index < -0.39 is 0 Å². The summed E-state index contributed by atoms with van der Waals surface area (Å²) in [5.74, 6) is 1.19. The first-order valence-corrected chi connectivity index (χ1v) is 9.45. The molecule has 1 aliphatic heterocycles. The van der Waals surface area contributed by atoms with E-state index in [1.165, 1.54) is 11.1 Å². The quantitative estimate of drug-likeness (QED) is 0.694. The van der Waals surface area contributed by atoms with Crippen LogP contribution in [0.2, 0.25) is 0 Å². The smallest absolute Gasteiger partial charge is 0.227 e. The lowest BCUT2D eigenvalue weighted by Crippen LogP contribution is -2.48. The maximum Gasteiger partial charge on any atom is 0.227 e. The highest BCUT2D eigenvalue weighted by atomic mass is 16.3. The molecule has 0 radical (unpaired) electrons. The number of piperazine rings is 1. The van der Waals surface area contributed by atoms with Crippen LogP contribution in [0.1, 0.15) is 11.3 Å². The minimum atomic E-state index is 0.208. The predicted octanol–water partition coefficient (Wildman–Crippen LogP) is 3.83. The van der Waals surface area contributed by atoms with Gasteiger partial charge in [-0.1, -0.05) is 54.6 Å². The highest BCUT2D eigenvalue weighted by Crippen LogP contribution is 2.20. The van der Waals surface area contributed by atoms with Gasteiger partial charge in [-0.15, -0.1) is 0 Å². The Hall–Kier alpha value is -2.85. The molecule has 0 aliphatic carbocycles. The van der Waals surface area contributed by atoms with E-state index in [0.29, 0.717) is 6.42 Å². The predicted molar refractivity (Wildman–Crippen MR) is 106 cm³/mol. The van der Waals surface area contributed by atoms with Crippen molar-refractivity contribution in [2.24, 2.45) is 0 Å². The van der Waals surface area contributed by atoms with E-state index in [1.54, 1.807) is 6.26 Å². The number of amides is 1. The van der Waals surface area contributed by atoms with Gasteiger partial charge in [0.2, 0.25) is 5.91 Å². The Labute approximate surface area is 160 Å². The molecule has 0 saturated carbocycles. The van der Waals surface area contributed by atoms with E-state index in [9.17, 15) is 4.79 Å². The molecule has 2 heterocycles. The van der Waals surface area contributed by atoms with Crippen molar-refractivity contribution in [3.05, 3.63) is 84.3 Å². The van der Waals surface area contributed by atoms with Gasteiger partial charge in [0.1, 0.15) is 5.76 Å². The van der Waals surface area contributed by atoms with Gasteiger partial charge in [0.25, 0.3) is 0 Å². The molecule has 0 N–H and O–H groups in total. The largest absolute Gasteiger partial charge is 0.468 e. The molecule has 4 heteroatoms. The van der Waals surface area contributed by atoms with Gasteiger partial charge < -0.3 is 9.32 Å². The molecule has 1 aromatic heterocycles. The third kappa shape index (κ3) is 4.47. The van der Waals surface area contributed by atoms with Crippen molar-refractivity contribution < 1.29 is 9.21 Å². The lowest BCUT2D eigenvalue weighted by Gasteiger charge is -2.34. The van der Waals surface area contributed by atoms with Crippen molar-refractivity contribution in [1.82, 2.24) is 9.80 Å². The van der Waals surface area contributed by atoms with Gasteiger partial charge in [0.15, 0.2) is 0 Å². The van der Waals surface area contributed by atoms with Crippen LogP contribution in [-0.4, -0.2) is 41.9 Å². The average Bonchev–Trinajstić information content (AvgIpc) is 3.23. The summed E-state index contributed by atoms with van der Waals surface area (Å²) < 4.78 is 5.41. The lowest BCUT2D eigenvalue weighted by molar-refractivity contribution is -0.132. The maximum atomic E-state index is 12.6.